The van der Waals surface area contributed by atoms with Gasteiger partial charge < -0.3 is 19.8 Å². The molecule has 0 saturated heterocycles. The van der Waals surface area contributed by atoms with E-state index >= 15 is 0 Å². The highest BCUT2D eigenvalue weighted by Crippen LogP contribution is 2.26. The second-order valence-corrected chi connectivity index (χ2v) is 4.85. The summed E-state index contributed by atoms with van der Waals surface area (Å²) in [5.74, 6) is 2.28. The average molecular weight is 265 g/mol. The van der Waals surface area contributed by atoms with Crippen LogP contribution in [0.15, 0.2) is 27.8 Å². The number of guanidine groups is 1. The first-order chi connectivity index (χ1) is 9.33. The molecule has 0 radical (unpaired) electrons. The van der Waals surface area contributed by atoms with Gasteiger partial charge >= 0.3 is 0 Å². The number of nitrogens with one attached hydrogen (secondary N) is 2. The van der Waals surface area contributed by atoms with Gasteiger partial charge in [0.05, 0.1) is 18.9 Å². The van der Waals surface area contributed by atoms with Crippen molar-refractivity contribution in [3.8, 4) is 0 Å². The molecule has 1 aliphatic carbocycles. The van der Waals surface area contributed by atoms with Gasteiger partial charge in [0.25, 0.3) is 0 Å². The van der Waals surface area contributed by atoms with E-state index in [1.54, 1.807) is 20.4 Å². The van der Waals surface area contributed by atoms with Crippen LogP contribution in [0.2, 0.25) is 0 Å². The van der Waals surface area contributed by atoms with Crippen molar-refractivity contribution in [1.82, 2.24) is 10.6 Å². The van der Waals surface area contributed by atoms with Gasteiger partial charge in [-0.25, -0.2) is 0 Å². The first kappa shape index (κ1) is 13.9. The summed E-state index contributed by atoms with van der Waals surface area (Å²) in [6, 6.07) is 3.83. The lowest BCUT2D eigenvalue weighted by Gasteiger charge is -2.20. The lowest BCUT2D eigenvalue weighted by molar-refractivity contribution is 0.0725. The lowest BCUT2D eigenvalue weighted by atomic mass is 10.1. The maximum Gasteiger partial charge on any atom is 0.191 e. The Morgan fingerprint density at radius 2 is 2.37 bits per heavy atom. The van der Waals surface area contributed by atoms with E-state index in [4.69, 9.17) is 9.15 Å². The van der Waals surface area contributed by atoms with E-state index in [9.17, 15) is 0 Å². The topological polar surface area (TPSA) is 58.8 Å². The Morgan fingerprint density at radius 3 is 3.05 bits per heavy atom. The van der Waals surface area contributed by atoms with Gasteiger partial charge in [0.2, 0.25) is 0 Å². The van der Waals surface area contributed by atoms with Gasteiger partial charge in [-0.2, -0.15) is 0 Å². The number of hydrogen-bond acceptors (Lipinski definition) is 3. The fourth-order valence-corrected chi connectivity index (χ4v) is 2.58. The second kappa shape index (κ2) is 7.19. The molecule has 0 aromatic carbocycles. The number of furan rings is 1. The van der Waals surface area contributed by atoms with E-state index in [2.05, 4.69) is 15.6 Å². The highest BCUT2D eigenvalue weighted by atomic mass is 16.5. The van der Waals surface area contributed by atoms with Crippen molar-refractivity contribution in [3.63, 3.8) is 0 Å². The van der Waals surface area contributed by atoms with Crippen LogP contribution in [0.25, 0.3) is 0 Å². The average Bonchev–Trinajstić information content (AvgIpc) is 3.09. The molecule has 1 saturated carbocycles. The Labute approximate surface area is 114 Å². The van der Waals surface area contributed by atoms with Crippen molar-refractivity contribution in [2.45, 2.75) is 31.9 Å². The van der Waals surface area contributed by atoms with Crippen molar-refractivity contribution >= 4 is 5.96 Å². The zero-order chi connectivity index (χ0) is 13.5. The van der Waals surface area contributed by atoms with Crippen LogP contribution in [-0.2, 0) is 11.3 Å². The van der Waals surface area contributed by atoms with Crippen molar-refractivity contribution in [1.29, 1.82) is 0 Å². The fourth-order valence-electron chi connectivity index (χ4n) is 2.58. The Morgan fingerprint density at radius 1 is 1.47 bits per heavy atom. The summed E-state index contributed by atoms with van der Waals surface area (Å²) >= 11 is 0. The second-order valence-electron chi connectivity index (χ2n) is 4.85. The summed E-state index contributed by atoms with van der Waals surface area (Å²) in [5, 5.41) is 6.59. The maximum atomic E-state index is 5.49. The van der Waals surface area contributed by atoms with Crippen LogP contribution in [0.4, 0.5) is 0 Å². The van der Waals surface area contributed by atoms with Crippen molar-refractivity contribution in [2.75, 3.05) is 20.7 Å². The number of aliphatic imine (C=N–C) groups is 1. The van der Waals surface area contributed by atoms with Crippen LogP contribution in [0.3, 0.4) is 0 Å². The molecule has 2 N–H and O–H groups in total. The molecule has 2 atom stereocenters. The van der Waals surface area contributed by atoms with E-state index in [-0.39, 0.29) is 0 Å². The Hall–Kier alpha value is -1.49. The number of ether oxygens (including phenoxy) is 1. The molecule has 106 valence electrons. The third-order valence-electron chi connectivity index (χ3n) is 3.66. The van der Waals surface area contributed by atoms with Gasteiger partial charge in [0.1, 0.15) is 5.76 Å². The van der Waals surface area contributed by atoms with Crippen molar-refractivity contribution in [3.05, 3.63) is 24.2 Å². The van der Waals surface area contributed by atoms with Crippen LogP contribution in [-0.4, -0.2) is 32.8 Å². The summed E-state index contributed by atoms with van der Waals surface area (Å²) < 4.78 is 10.8. The standard InChI is InChI=1S/C14H23N3O2/c1-15-14(17-10-12-6-4-8-19-12)16-9-11-5-3-7-13(11)18-2/h4,6,8,11,13H,3,5,7,9-10H2,1-2H3,(H2,15,16,17)/t11-,13+/m0/s1. The Bertz CT molecular complexity index is 389. The zero-order valence-corrected chi connectivity index (χ0v) is 11.7. The molecule has 1 aromatic rings. The normalized spacial score (nSPS) is 23.6. The highest BCUT2D eigenvalue weighted by molar-refractivity contribution is 5.79. The van der Waals surface area contributed by atoms with E-state index in [0.717, 1.165) is 18.3 Å². The Balaban J connectivity index is 1.73. The summed E-state index contributed by atoms with van der Waals surface area (Å²) in [5.41, 5.74) is 0. The fraction of sp³-hybridized carbons (Fsp3) is 0.643. The Kier molecular flexibility index (Phi) is 5.27. The molecule has 5 nitrogen and oxygen atoms in total. The van der Waals surface area contributed by atoms with E-state index < -0.39 is 0 Å². The first-order valence-electron chi connectivity index (χ1n) is 6.83. The molecule has 1 aliphatic rings. The van der Waals surface area contributed by atoms with Crippen LogP contribution >= 0.6 is 0 Å². The number of nitrogens with zero attached hydrogens (tertiary/aromatic N) is 1. The number of methoxy groups -OCH3 is 1. The molecular weight excluding hydrogens is 242 g/mol. The molecule has 5 heteroatoms. The smallest absolute Gasteiger partial charge is 0.191 e. The largest absolute Gasteiger partial charge is 0.467 e. The van der Waals surface area contributed by atoms with Crippen molar-refractivity contribution in [2.24, 2.45) is 10.9 Å². The van der Waals surface area contributed by atoms with E-state index in [0.29, 0.717) is 18.6 Å². The summed E-state index contributed by atoms with van der Waals surface area (Å²) in [4.78, 5) is 4.21. The summed E-state index contributed by atoms with van der Waals surface area (Å²) in [6.07, 6.45) is 5.70. The quantitative estimate of drug-likeness (QED) is 0.629. The molecule has 19 heavy (non-hydrogen) atoms. The molecule has 0 unspecified atom stereocenters. The molecule has 0 spiro atoms. The molecule has 1 aromatic heterocycles. The van der Waals surface area contributed by atoms with Crippen LogP contribution in [0, 0.1) is 5.92 Å². The van der Waals surface area contributed by atoms with E-state index in [1.807, 2.05) is 12.1 Å². The van der Waals surface area contributed by atoms with Gasteiger partial charge in [-0.3, -0.25) is 4.99 Å². The minimum absolute atomic E-state index is 0.385. The lowest BCUT2D eigenvalue weighted by Crippen LogP contribution is -2.40. The first-order valence-corrected chi connectivity index (χ1v) is 6.83. The highest BCUT2D eigenvalue weighted by Gasteiger charge is 2.26. The zero-order valence-electron chi connectivity index (χ0n) is 11.7. The van der Waals surface area contributed by atoms with E-state index in [1.165, 1.54) is 19.3 Å². The summed E-state index contributed by atoms with van der Waals surface area (Å²) in [7, 11) is 3.58. The predicted octanol–water partition coefficient (Wildman–Crippen LogP) is 1.76. The predicted molar refractivity (Wildman–Crippen MR) is 75.0 cm³/mol. The van der Waals surface area contributed by atoms with Gasteiger partial charge in [-0.15, -0.1) is 0 Å². The van der Waals surface area contributed by atoms with Gasteiger partial charge in [0.15, 0.2) is 5.96 Å². The summed E-state index contributed by atoms with van der Waals surface area (Å²) in [6.45, 7) is 1.54. The molecule has 0 amide bonds. The molecule has 2 rings (SSSR count). The molecule has 0 aliphatic heterocycles. The third kappa shape index (κ3) is 3.99. The minimum atomic E-state index is 0.385. The third-order valence-corrected chi connectivity index (χ3v) is 3.66. The van der Waals surface area contributed by atoms with Crippen molar-refractivity contribution < 1.29 is 9.15 Å². The number of hydrogen-bond donors (Lipinski definition) is 2. The molecule has 0 bridgehead atoms. The minimum Gasteiger partial charge on any atom is -0.467 e. The number of rotatable bonds is 5. The van der Waals surface area contributed by atoms with Gasteiger partial charge in [-0.1, -0.05) is 6.42 Å². The monoisotopic (exact) mass is 265 g/mol. The van der Waals surface area contributed by atoms with Gasteiger partial charge in [0, 0.05) is 26.6 Å². The van der Waals surface area contributed by atoms with Crippen LogP contribution in [0.5, 0.6) is 0 Å². The SMILES string of the molecule is CN=C(NCc1ccco1)NC[C@@H]1CCC[C@H]1OC. The molecule has 1 heterocycles. The molecule has 1 fully saturated rings. The molecular formula is C14H23N3O2. The van der Waals surface area contributed by atoms with Crippen LogP contribution in [0.1, 0.15) is 25.0 Å². The van der Waals surface area contributed by atoms with Gasteiger partial charge in [-0.05, 0) is 25.0 Å². The maximum absolute atomic E-state index is 5.49. The van der Waals surface area contributed by atoms with Crippen LogP contribution < -0.4 is 10.6 Å².